The minimum Gasteiger partial charge on any atom is -0.455 e. The van der Waals surface area contributed by atoms with E-state index in [-0.39, 0.29) is 11.8 Å². The van der Waals surface area contributed by atoms with Gasteiger partial charge < -0.3 is 8.83 Å². The summed E-state index contributed by atoms with van der Waals surface area (Å²) in [5.41, 5.74) is 10.7. The lowest BCUT2D eigenvalue weighted by Gasteiger charge is -2.30. The Morgan fingerprint density at radius 1 is 0.431 bits per heavy atom. The quantitative estimate of drug-likeness (QED) is 0.176. The fraction of sp³-hybridized carbons (Fsp3) is 0.0377. The Morgan fingerprint density at radius 3 is 2.07 bits per heavy atom. The fourth-order valence-corrected chi connectivity index (χ4v) is 9.05. The van der Waals surface area contributed by atoms with Gasteiger partial charge in [-0.15, -0.1) is 0 Å². The molecule has 0 N–H and O–H groups in total. The van der Waals surface area contributed by atoms with E-state index in [1.165, 1.54) is 5.56 Å². The molecule has 2 aliphatic rings. The second kappa shape index (κ2) is 13.0. The van der Waals surface area contributed by atoms with E-state index in [0.29, 0.717) is 17.5 Å². The zero-order valence-corrected chi connectivity index (χ0v) is 31.2. The molecular weight excluding hydrogens is 711 g/mol. The van der Waals surface area contributed by atoms with Gasteiger partial charge in [0.05, 0.1) is 5.56 Å². The number of furan rings is 2. The lowest BCUT2D eigenvalue weighted by atomic mass is 9.73. The normalized spacial score (nSPS) is 16.3. The Bertz CT molecular complexity index is 3420. The first-order valence-electron chi connectivity index (χ1n) is 19.7. The van der Waals surface area contributed by atoms with Gasteiger partial charge in [0.15, 0.2) is 17.5 Å². The smallest absolute Gasteiger partial charge is 0.167 e. The molecule has 0 aliphatic heterocycles. The van der Waals surface area contributed by atoms with Crippen molar-refractivity contribution in [3.05, 3.63) is 205 Å². The maximum atomic E-state index is 6.68. The van der Waals surface area contributed by atoms with Crippen LogP contribution in [0.2, 0.25) is 0 Å². The number of aromatic nitrogens is 3. The summed E-state index contributed by atoms with van der Waals surface area (Å²) in [6, 6.07) is 52.5. The van der Waals surface area contributed by atoms with Crippen LogP contribution >= 0.6 is 0 Å². The third kappa shape index (κ3) is 5.14. The van der Waals surface area contributed by atoms with Gasteiger partial charge in [-0.2, -0.15) is 0 Å². The minimum absolute atomic E-state index is 0.0426. The molecule has 2 atom stereocenters. The molecule has 0 bridgehead atoms. The van der Waals surface area contributed by atoms with E-state index < -0.39 is 0 Å². The number of fused-ring (bicyclic) bond motifs is 8. The topological polar surface area (TPSA) is 65.0 Å². The van der Waals surface area contributed by atoms with E-state index in [1.807, 2.05) is 30.3 Å². The van der Waals surface area contributed by atoms with Crippen molar-refractivity contribution in [1.82, 2.24) is 15.0 Å². The molecule has 272 valence electrons. The van der Waals surface area contributed by atoms with E-state index in [4.69, 9.17) is 23.8 Å². The standard InChI is InChI=1S/C53H33N3O2/c1-2-14-33(15-3-1)36-20-10-23-44-48-41(21-12-26-47(48)58-49(36)44)39-29-30-43(38-18-7-6-17-37(38)39)52-54-51(35-28-27-32-13-4-5-16-34(32)31-35)55-53(56-52)45-24-11-22-42-40-19-8-9-25-46(40)57-50(42)45/h1-31,37,39H. The molecule has 12 rings (SSSR count). The van der Waals surface area contributed by atoms with Gasteiger partial charge in [0.1, 0.15) is 22.3 Å². The molecule has 3 heterocycles. The van der Waals surface area contributed by atoms with Crippen LogP contribution in [0, 0.1) is 5.92 Å². The number of benzene rings is 7. The summed E-state index contributed by atoms with van der Waals surface area (Å²) in [5, 5.41) is 6.65. The Labute approximate surface area is 333 Å². The molecule has 10 aromatic rings. The third-order valence-electron chi connectivity index (χ3n) is 11.8. The second-order valence-electron chi connectivity index (χ2n) is 15.0. The van der Waals surface area contributed by atoms with Gasteiger partial charge in [-0.25, -0.2) is 15.0 Å². The van der Waals surface area contributed by atoms with E-state index in [1.54, 1.807) is 0 Å². The number of nitrogens with zero attached hydrogens (tertiary/aromatic N) is 3. The first-order valence-corrected chi connectivity index (χ1v) is 19.7. The summed E-state index contributed by atoms with van der Waals surface area (Å²) < 4.78 is 13.2. The van der Waals surface area contributed by atoms with Crippen LogP contribution in [0.4, 0.5) is 0 Å². The van der Waals surface area contributed by atoms with Crippen LogP contribution < -0.4 is 0 Å². The van der Waals surface area contributed by atoms with Gasteiger partial charge in [-0.1, -0.05) is 164 Å². The Morgan fingerprint density at radius 2 is 1.14 bits per heavy atom. The summed E-state index contributed by atoms with van der Waals surface area (Å²) in [6.45, 7) is 0. The van der Waals surface area contributed by atoms with Crippen molar-refractivity contribution in [2.45, 2.75) is 5.92 Å². The Balaban J connectivity index is 1.03. The molecule has 0 saturated carbocycles. The predicted molar refractivity (Wildman–Crippen MR) is 235 cm³/mol. The van der Waals surface area contributed by atoms with Gasteiger partial charge in [0.2, 0.25) is 0 Å². The molecule has 0 radical (unpaired) electrons. The van der Waals surface area contributed by atoms with Gasteiger partial charge in [0, 0.05) is 50.1 Å². The fourth-order valence-electron chi connectivity index (χ4n) is 9.05. The molecule has 5 nitrogen and oxygen atoms in total. The summed E-state index contributed by atoms with van der Waals surface area (Å²) in [4.78, 5) is 15.7. The summed E-state index contributed by atoms with van der Waals surface area (Å²) in [6.07, 6.45) is 13.3. The monoisotopic (exact) mass is 743 g/mol. The first kappa shape index (κ1) is 32.6. The Kier molecular flexibility index (Phi) is 7.29. The maximum absolute atomic E-state index is 6.68. The number of hydrogen-bond donors (Lipinski definition) is 0. The molecule has 0 spiro atoms. The van der Waals surface area contributed by atoms with Crippen molar-refractivity contribution in [2.75, 3.05) is 0 Å². The first-order chi connectivity index (χ1) is 28.7. The molecule has 7 aromatic carbocycles. The molecule has 0 amide bonds. The average molecular weight is 744 g/mol. The van der Waals surface area contributed by atoms with Crippen molar-refractivity contribution in [2.24, 2.45) is 5.92 Å². The number of allylic oxidation sites excluding steroid dienone is 8. The highest BCUT2D eigenvalue weighted by atomic mass is 16.3. The lowest BCUT2D eigenvalue weighted by molar-refractivity contribution is 0.663. The molecule has 2 aliphatic carbocycles. The van der Waals surface area contributed by atoms with Crippen LogP contribution in [0.5, 0.6) is 0 Å². The lowest BCUT2D eigenvalue weighted by Crippen LogP contribution is -2.18. The van der Waals surface area contributed by atoms with Crippen LogP contribution in [0.25, 0.3) is 94.1 Å². The molecule has 58 heavy (non-hydrogen) atoms. The van der Waals surface area contributed by atoms with E-state index in [2.05, 4.69) is 158 Å². The third-order valence-corrected chi connectivity index (χ3v) is 11.8. The molecule has 3 aromatic heterocycles. The van der Waals surface area contributed by atoms with Crippen LogP contribution in [0.1, 0.15) is 17.3 Å². The van der Waals surface area contributed by atoms with Gasteiger partial charge in [0.25, 0.3) is 0 Å². The highest BCUT2D eigenvalue weighted by Gasteiger charge is 2.32. The maximum Gasteiger partial charge on any atom is 0.167 e. The van der Waals surface area contributed by atoms with Crippen LogP contribution in [-0.2, 0) is 0 Å². The second-order valence-corrected chi connectivity index (χ2v) is 15.0. The Hall–Kier alpha value is -7.63. The minimum atomic E-state index is 0.0426. The van der Waals surface area contributed by atoms with E-state index in [0.717, 1.165) is 88.0 Å². The SMILES string of the molecule is C1=CC2=C(c3nc(-c4ccc5ccccc5c4)nc(-c4cccc5c4oc4ccccc45)n3)C=CC(c3cccc4oc5c(-c6ccccc6)cccc5c34)C2C=C1. The molecule has 0 saturated heterocycles. The predicted octanol–water partition coefficient (Wildman–Crippen LogP) is 13.7. The zero-order valence-electron chi connectivity index (χ0n) is 31.2. The molecule has 5 heteroatoms. The number of hydrogen-bond acceptors (Lipinski definition) is 5. The molecular formula is C53H33N3O2. The largest absolute Gasteiger partial charge is 0.455 e. The van der Waals surface area contributed by atoms with Crippen molar-refractivity contribution in [3.63, 3.8) is 0 Å². The van der Waals surface area contributed by atoms with E-state index in [9.17, 15) is 0 Å². The van der Waals surface area contributed by atoms with Gasteiger partial charge >= 0.3 is 0 Å². The highest BCUT2D eigenvalue weighted by Crippen LogP contribution is 2.47. The molecule has 0 fully saturated rings. The van der Waals surface area contributed by atoms with Gasteiger partial charge in [-0.3, -0.25) is 0 Å². The summed E-state index contributed by atoms with van der Waals surface area (Å²) in [5.74, 6) is 1.89. The van der Waals surface area contributed by atoms with Crippen LogP contribution in [0.3, 0.4) is 0 Å². The van der Waals surface area contributed by atoms with Gasteiger partial charge in [-0.05, 0) is 51.7 Å². The van der Waals surface area contributed by atoms with Crippen LogP contribution in [-0.4, -0.2) is 15.0 Å². The van der Waals surface area contributed by atoms with Crippen molar-refractivity contribution in [1.29, 1.82) is 0 Å². The molecule has 2 unspecified atom stereocenters. The van der Waals surface area contributed by atoms with Crippen molar-refractivity contribution >= 4 is 60.2 Å². The number of rotatable bonds is 5. The summed E-state index contributed by atoms with van der Waals surface area (Å²) in [7, 11) is 0. The number of para-hydroxylation sites is 3. The van der Waals surface area contributed by atoms with Crippen molar-refractivity contribution in [3.8, 4) is 33.9 Å². The average Bonchev–Trinajstić information content (AvgIpc) is 3.88. The zero-order chi connectivity index (χ0) is 38.2. The highest BCUT2D eigenvalue weighted by molar-refractivity contribution is 6.12. The van der Waals surface area contributed by atoms with Crippen molar-refractivity contribution < 1.29 is 8.83 Å². The van der Waals surface area contributed by atoms with Crippen LogP contribution in [0.15, 0.2) is 203 Å². The van der Waals surface area contributed by atoms with E-state index >= 15 is 0 Å². The summed E-state index contributed by atoms with van der Waals surface area (Å²) >= 11 is 0.